The smallest absolute Gasteiger partial charge is 0.336 e. The first-order valence-electron chi connectivity index (χ1n) is 9.67. The highest BCUT2D eigenvalue weighted by molar-refractivity contribution is 6.27. The Bertz CT molecular complexity index is 860. The molecule has 4 unspecified atom stereocenters. The minimum absolute atomic E-state index is 0.0274. The molecule has 192 valence electrons. The van der Waals surface area contributed by atoms with E-state index >= 15 is 0 Å². The third-order valence-corrected chi connectivity index (χ3v) is 4.68. The number of nitrogens with zero attached hydrogens (tertiary/aromatic N) is 1. The van der Waals surface area contributed by atoms with Crippen LogP contribution in [0.25, 0.3) is 0 Å². The van der Waals surface area contributed by atoms with Crippen molar-refractivity contribution in [3.05, 3.63) is 0 Å². The van der Waals surface area contributed by atoms with E-state index in [1.807, 2.05) is 0 Å². The molecule has 0 bridgehead atoms. The molecule has 0 spiro atoms. The summed E-state index contributed by atoms with van der Waals surface area (Å²) in [5.74, 6) is -10.8. The summed E-state index contributed by atoms with van der Waals surface area (Å²) < 4.78 is 4.85. The Labute approximate surface area is 193 Å². The van der Waals surface area contributed by atoms with Crippen LogP contribution < -0.4 is 40.1 Å². The van der Waals surface area contributed by atoms with Crippen LogP contribution in [0.5, 0.6) is 0 Å². The summed E-state index contributed by atoms with van der Waals surface area (Å²) in [5, 5.41) is 18.8. The Morgan fingerprint density at radius 1 is 0.912 bits per heavy atom. The Morgan fingerprint density at radius 2 is 1.47 bits per heavy atom. The molecule has 0 aromatic carbocycles. The molecule has 17 heteroatoms. The van der Waals surface area contributed by atoms with Gasteiger partial charge in [0.15, 0.2) is 11.7 Å². The fourth-order valence-corrected chi connectivity index (χ4v) is 3.01. The predicted octanol–water partition coefficient (Wildman–Crippen LogP) is -6.14. The second kappa shape index (κ2) is 12.7. The molecule has 0 aliphatic heterocycles. The van der Waals surface area contributed by atoms with Crippen LogP contribution in [-0.2, 0) is 33.5 Å². The fourth-order valence-electron chi connectivity index (χ4n) is 3.01. The van der Waals surface area contributed by atoms with Crippen LogP contribution in [0.4, 0.5) is 0 Å². The molecule has 0 heterocycles. The van der Waals surface area contributed by atoms with Gasteiger partial charge in [-0.15, -0.1) is 0 Å². The maximum Gasteiger partial charge on any atom is 0.336 e. The average Bonchev–Trinajstić information content (AvgIpc) is 2.76. The van der Waals surface area contributed by atoms with Gasteiger partial charge in [-0.05, 0) is 12.8 Å². The van der Waals surface area contributed by atoms with E-state index in [2.05, 4.69) is 4.99 Å². The van der Waals surface area contributed by atoms with Crippen molar-refractivity contribution in [1.29, 1.82) is 0 Å². The van der Waals surface area contributed by atoms with Gasteiger partial charge < -0.3 is 55.1 Å². The SMILES string of the molecule is NCC(=O)OC(C(=O)CN)(C(=O)C(N)CCCN=C(N)N)C(N)(C(=O)O)C(=O)C(N)CC(=O)O. The average molecular weight is 490 g/mol. The molecular formula is C17H30N8O9. The molecule has 0 aliphatic rings. The number of carboxylic acids is 2. The number of ether oxygens (including phenoxy) is 1. The second-order valence-electron chi connectivity index (χ2n) is 7.09. The number of hydrogen-bond acceptors (Lipinski definition) is 13. The molecule has 16 N–H and O–H groups in total. The van der Waals surface area contributed by atoms with Crippen molar-refractivity contribution in [3.8, 4) is 0 Å². The van der Waals surface area contributed by atoms with Crippen LogP contribution in [0.15, 0.2) is 4.99 Å². The lowest BCUT2D eigenvalue weighted by Crippen LogP contribution is -2.81. The van der Waals surface area contributed by atoms with Crippen molar-refractivity contribution in [2.45, 2.75) is 42.5 Å². The number of guanidine groups is 1. The van der Waals surface area contributed by atoms with Crippen LogP contribution in [0, 0.1) is 0 Å². The molecule has 17 nitrogen and oxygen atoms in total. The lowest BCUT2D eigenvalue weighted by molar-refractivity contribution is -0.188. The number of nitrogens with two attached hydrogens (primary N) is 7. The molecule has 0 radical (unpaired) electrons. The van der Waals surface area contributed by atoms with Gasteiger partial charge in [0.25, 0.3) is 5.60 Å². The summed E-state index contributed by atoms with van der Waals surface area (Å²) in [6, 6.07) is -3.88. The molecule has 0 aromatic rings. The molecule has 0 rings (SSSR count). The molecular weight excluding hydrogens is 460 g/mol. The van der Waals surface area contributed by atoms with Crippen LogP contribution in [-0.4, -0.2) is 94.3 Å². The zero-order valence-electron chi connectivity index (χ0n) is 18.1. The lowest BCUT2D eigenvalue weighted by Gasteiger charge is -2.42. The number of esters is 1. The summed E-state index contributed by atoms with van der Waals surface area (Å²) in [7, 11) is 0. The summed E-state index contributed by atoms with van der Waals surface area (Å²) >= 11 is 0. The van der Waals surface area contributed by atoms with Gasteiger partial charge in [0.2, 0.25) is 17.1 Å². The summed E-state index contributed by atoms with van der Waals surface area (Å²) in [4.78, 5) is 78.3. The number of Topliss-reactive ketones (excluding diaryl/α,β-unsaturated/α-hetero) is 3. The van der Waals surface area contributed by atoms with Crippen molar-refractivity contribution >= 4 is 41.2 Å². The van der Waals surface area contributed by atoms with Crippen molar-refractivity contribution in [2.75, 3.05) is 19.6 Å². The minimum atomic E-state index is -3.71. The first-order valence-corrected chi connectivity index (χ1v) is 9.67. The summed E-state index contributed by atoms with van der Waals surface area (Å²) in [5.41, 5.74) is 30.6. The molecule has 34 heavy (non-hydrogen) atoms. The van der Waals surface area contributed by atoms with Gasteiger partial charge in [-0.1, -0.05) is 0 Å². The van der Waals surface area contributed by atoms with Gasteiger partial charge in [-0.2, -0.15) is 0 Å². The highest BCUT2D eigenvalue weighted by atomic mass is 16.6. The number of rotatable bonds is 16. The van der Waals surface area contributed by atoms with Gasteiger partial charge in [0.05, 0.1) is 31.6 Å². The Kier molecular flexibility index (Phi) is 11.3. The van der Waals surface area contributed by atoms with Crippen molar-refractivity contribution in [1.82, 2.24) is 0 Å². The summed E-state index contributed by atoms with van der Waals surface area (Å²) in [6.07, 6.45) is -1.40. The standard InChI is InChI=1S/C17H30N8O9/c18-5-9(26)17(34-11(29)6-19,13(31)7(20)2-1-3-25-15(22)23)16(24,14(32)33)12(30)8(21)4-10(27)28/h7-8H,1-6,18-21,24H2,(H,27,28)(H,32,33)(H4,22,23,25). The fraction of sp³-hybridized carbons (Fsp3) is 0.588. The van der Waals surface area contributed by atoms with E-state index in [0.717, 1.165) is 0 Å². The van der Waals surface area contributed by atoms with E-state index in [4.69, 9.17) is 50.0 Å². The van der Waals surface area contributed by atoms with E-state index < -0.39 is 78.0 Å². The second-order valence-corrected chi connectivity index (χ2v) is 7.09. The number of hydrogen-bond donors (Lipinski definition) is 9. The third-order valence-electron chi connectivity index (χ3n) is 4.68. The third kappa shape index (κ3) is 6.51. The number of carbonyl (C=O) groups excluding carboxylic acids is 4. The molecule has 0 saturated carbocycles. The predicted molar refractivity (Wildman–Crippen MR) is 115 cm³/mol. The van der Waals surface area contributed by atoms with E-state index in [0.29, 0.717) is 0 Å². The van der Waals surface area contributed by atoms with E-state index in [1.54, 1.807) is 0 Å². The maximum atomic E-state index is 13.4. The van der Waals surface area contributed by atoms with Crippen molar-refractivity contribution in [2.24, 2.45) is 45.1 Å². The van der Waals surface area contributed by atoms with Gasteiger partial charge >= 0.3 is 17.9 Å². The minimum Gasteiger partial charge on any atom is -0.481 e. The zero-order valence-corrected chi connectivity index (χ0v) is 18.1. The van der Waals surface area contributed by atoms with Crippen LogP contribution in [0.3, 0.4) is 0 Å². The van der Waals surface area contributed by atoms with E-state index in [9.17, 15) is 33.9 Å². The molecule has 0 saturated heterocycles. The highest BCUT2D eigenvalue weighted by Gasteiger charge is 2.71. The monoisotopic (exact) mass is 490 g/mol. The topological polar surface area (TPSA) is 347 Å². The molecule has 0 amide bonds. The summed E-state index contributed by atoms with van der Waals surface area (Å²) in [6.45, 7) is -2.14. The largest absolute Gasteiger partial charge is 0.481 e. The molecule has 0 aliphatic carbocycles. The Morgan fingerprint density at radius 3 is 1.88 bits per heavy atom. The van der Waals surface area contributed by atoms with Crippen LogP contribution in [0.1, 0.15) is 19.3 Å². The van der Waals surface area contributed by atoms with E-state index in [-0.39, 0.29) is 25.3 Å². The normalized spacial score (nSPS) is 16.1. The molecule has 0 aromatic heterocycles. The van der Waals surface area contributed by atoms with Crippen LogP contribution >= 0.6 is 0 Å². The van der Waals surface area contributed by atoms with Gasteiger partial charge in [-0.25, -0.2) is 4.79 Å². The van der Waals surface area contributed by atoms with Crippen molar-refractivity contribution < 1.29 is 43.7 Å². The number of ketones is 3. The quantitative estimate of drug-likeness (QED) is 0.0319. The molecule has 4 atom stereocenters. The number of carboxylic acid groups (broad SMARTS) is 2. The van der Waals surface area contributed by atoms with E-state index in [1.165, 1.54) is 0 Å². The number of aliphatic carboxylic acids is 2. The van der Waals surface area contributed by atoms with Crippen LogP contribution in [0.2, 0.25) is 0 Å². The maximum absolute atomic E-state index is 13.4. The first-order chi connectivity index (χ1) is 15.6. The Balaban J connectivity index is 6.88. The number of carbonyl (C=O) groups is 6. The van der Waals surface area contributed by atoms with Gasteiger partial charge in [-0.3, -0.25) is 29.0 Å². The Hall–Kier alpha value is -3.51. The highest BCUT2D eigenvalue weighted by Crippen LogP contribution is 2.32. The van der Waals surface area contributed by atoms with Gasteiger partial charge in [0.1, 0.15) is 0 Å². The lowest BCUT2D eigenvalue weighted by atomic mass is 9.67. The zero-order chi connectivity index (χ0) is 26.9. The number of aliphatic imine (C=N–C) groups is 1. The van der Waals surface area contributed by atoms with Gasteiger partial charge in [0, 0.05) is 6.54 Å². The van der Waals surface area contributed by atoms with Crippen molar-refractivity contribution in [3.63, 3.8) is 0 Å². The molecule has 0 fully saturated rings. The first kappa shape index (κ1) is 30.5.